The Morgan fingerprint density at radius 1 is 0.255 bits per heavy atom. The maximum Gasteiger partial charge on any atom is 0.488 e. The highest BCUT2D eigenvalue weighted by atomic mass is 79.9. The Labute approximate surface area is 551 Å². The Balaban J connectivity index is 0.000000122. The molecule has 0 amide bonds. The molecule has 2 aromatic heterocycles. The van der Waals surface area contributed by atoms with E-state index >= 15 is 0 Å². The van der Waals surface area contributed by atoms with Crippen molar-refractivity contribution in [2.24, 2.45) is 0 Å². The highest BCUT2D eigenvalue weighted by Crippen LogP contribution is 2.46. The van der Waals surface area contributed by atoms with Gasteiger partial charge in [0.25, 0.3) is 0 Å². The topological polar surface area (TPSA) is 92.5 Å². The number of halogens is 1. The maximum absolute atomic E-state index is 9.11. The second-order valence-electron chi connectivity index (χ2n) is 23.4. The number of fused-ring (bicyclic) bond motifs is 8. The smallest absolute Gasteiger partial charge is 0.436 e. The third kappa shape index (κ3) is 10.8. The number of rotatable bonds is 8. The number of nitrogens with zero attached hydrogens (tertiary/aromatic N) is 2. The first-order valence-corrected chi connectivity index (χ1v) is 32.1. The first-order chi connectivity index (χ1) is 46.4. The molecule has 0 aliphatic carbocycles. The van der Waals surface area contributed by atoms with Crippen molar-refractivity contribution in [3.8, 4) is 78.5 Å². The summed E-state index contributed by atoms with van der Waals surface area (Å²) in [6.45, 7) is 0. The van der Waals surface area contributed by atoms with Crippen molar-refractivity contribution in [3.63, 3.8) is 0 Å². The summed E-state index contributed by atoms with van der Waals surface area (Å²) in [7, 11) is -1.42. The second-order valence-corrected chi connectivity index (χ2v) is 24.2. The van der Waals surface area contributed by atoms with Gasteiger partial charge in [0, 0.05) is 15.6 Å². The van der Waals surface area contributed by atoms with Crippen LogP contribution in [-0.2, 0) is 0 Å². The maximum atomic E-state index is 9.11. The van der Waals surface area contributed by atoms with Crippen molar-refractivity contribution in [3.05, 3.63) is 332 Å². The van der Waals surface area contributed by atoms with Crippen molar-refractivity contribution in [2.45, 2.75) is 0 Å². The van der Waals surface area contributed by atoms with Gasteiger partial charge in [-0.1, -0.05) is 279 Å². The van der Waals surface area contributed by atoms with E-state index in [1.54, 1.807) is 12.1 Å². The SMILES string of the molecule is Brc1c2ccccc2c(-c2ccc(-c3nc4ccccc4o3)cc2)c2ccccc12.OB(O)c1ccc(-c2cccc3ccccc23)cc1.c1ccc2c(-c3ccc(-c4c5ccccc5c(-c5ccc(-c6nc7ccccc7o6)cc5)c5ccccc45)cc3)cccc2c1. The molecule has 0 radical (unpaired) electrons. The normalized spacial score (nSPS) is 11.4. The molecular formula is C86H56BBrN2O4. The van der Waals surface area contributed by atoms with Crippen LogP contribution < -0.4 is 5.46 Å². The molecule has 444 valence electrons. The van der Waals surface area contributed by atoms with E-state index in [1.807, 2.05) is 78.9 Å². The molecule has 0 saturated carbocycles. The third-order valence-corrected chi connectivity index (χ3v) is 18.7. The minimum Gasteiger partial charge on any atom is -0.436 e. The van der Waals surface area contributed by atoms with Crippen molar-refractivity contribution in [1.82, 2.24) is 9.97 Å². The van der Waals surface area contributed by atoms with Crippen LogP contribution in [0, 0.1) is 0 Å². The summed E-state index contributed by atoms with van der Waals surface area (Å²) in [5.74, 6) is 1.29. The van der Waals surface area contributed by atoms with Crippen LogP contribution in [0.1, 0.15) is 0 Å². The van der Waals surface area contributed by atoms with Crippen LogP contribution in [0.15, 0.2) is 341 Å². The second kappa shape index (κ2) is 24.9. The van der Waals surface area contributed by atoms with Gasteiger partial charge in [0.05, 0.1) is 0 Å². The molecule has 0 aliphatic rings. The van der Waals surface area contributed by atoms with E-state index in [2.05, 4.69) is 258 Å². The Bertz CT molecular complexity index is 5650. The molecule has 0 saturated heterocycles. The van der Waals surface area contributed by atoms with Gasteiger partial charge in [-0.2, -0.15) is 0 Å². The van der Waals surface area contributed by atoms with Crippen LogP contribution >= 0.6 is 15.9 Å². The van der Waals surface area contributed by atoms with Crippen LogP contribution in [0.4, 0.5) is 0 Å². The number of aromatic nitrogens is 2. The van der Waals surface area contributed by atoms with E-state index in [9.17, 15) is 0 Å². The molecule has 8 heteroatoms. The number of para-hydroxylation sites is 4. The van der Waals surface area contributed by atoms with Gasteiger partial charge in [0.15, 0.2) is 11.2 Å². The van der Waals surface area contributed by atoms with Gasteiger partial charge in [-0.25, -0.2) is 9.97 Å². The third-order valence-electron chi connectivity index (χ3n) is 17.8. The van der Waals surface area contributed by atoms with E-state index in [0.717, 1.165) is 48.9 Å². The lowest BCUT2D eigenvalue weighted by Crippen LogP contribution is -2.29. The summed E-state index contributed by atoms with van der Waals surface area (Å²) < 4.78 is 13.1. The highest BCUT2D eigenvalue weighted by molar-refractivity contribution is 9.10. The highest BCUT2D eigenvalue weighted by Gasteiger charge is 2.20. The van der Waals surface area contributed by atoms with Crippen LogP contribution in [0.3, 0.4) is 0 Å². The lowest BCUT2D eigenvalue weighted by Gasteiger charge is -2.18. The molecular weight excluding hydrogens is 1220 g/mol. The van der Waals surface area contributed by atoms with Crippen LogP contribution in [0.2, 0.25) is 0 Å². The lowest BCUT2D eigenvalue weighted by atomic mass is 9.79. The molecule has 2 N–H and O–H groups in total. The molecule has 18 aromatic rings. The summed E-state index contributed by atoms with van der Waals surface area (Å²) in [5, 5.41) is 33.0. The van der Waals surface area contributed by atoms with Crippen LogP contribution in [0.25, 0.3) is 165 Å². The molecule has 16 aromatic carbocycles. The zero-order valence-corrected chi connectivity index (χ0v) is 52.3. The Hall–Kier alpha value is -11.5. The predicted molar refractivity (Wildman–Crippen MR) is 395 cm³/mol. The Kier molecular flexibility index (Phi) is 15.3. The molecule has 6 nitrogen and oxygen atoms in total. The fourth-order valence-electron chi connectivity index (χ4n) is 13.3. The predicted octanol–water partition coefficient (Wildman–Crippen LogP) is 22.4. The van der Waals surface area contributed by atoms with Gasteiger partial charge in [-0.15, -0.1) is 0 Å². The number of hydrogen-bond donors (Lipinski definition) is 2. The van der Waals surface area contributed by atoms with E-state index in [0.29, 0.717) is 17.2 Å². The van der Waals surface area contributed by atoms with Gasteiger partial charge in [0.2, 0.25) is 11.8 Å². The zero-order valence-electron chi connectivity index (χ0n) is 50.7. The quantitative estimate of drug-likeness (QED) is 0.116. The first-order valence-electron chi connectivity index (χ1n) is 31.3. The molecule has 0 unspecified atom stereocenters. The largest absolute Gasteiger partial charge is 0.488 e. The Morgan fingerprint density at radius 3 is 0.894 bits per heavy atom. The summed E-state index contributed by atoms with van der Waals surface area (Å²) in [5.41, 5.74) is 17.8. The van der Waals surface area contributed by atoms with E-state index < -0.39 is 7.12 Å². The fourth-order valence-corrected chi connectivity index (χ4v) is 14.0. The van der Waals surface area contributed by atoms with Gasteiger partial charge < -0.3 is 18.9 Å². The van der Waals surface area contributed by atoms with Crippen LogP contribution in [-0.4, -0.2) is 27.1 Å². The molecule has 0 atom stereocenters. The fraction of sp³-hybridized carbons (Fsp3) is 0. The zero-order chi connectivity index (χ0) is 63.1. The summed E-state index contributed by atoms with van der Waals surface area (Å²) in [6.07, 6.45) is 0. The number of benzene rings is 16. The lowest BCUT2D eigenvalue weighted by molar-refractivity contribution is 0.426. The molecule has 0 spiro atoms. The molecule has 94 heavy (non-hydrogen) atoms. The molecule has 0 fully saturated rings. The van der Waals surface area contributed by atoms with E-state index in [1.165, 1.54) is 109 Å². The number of oxazole rings is 2. The van der Waals surface area contributed by atoms with E-state index in [-0.39, 0.29) is 0 Å². The average Bonchev–Trinajstić information content (AvgIpc) is 0.976. The van der Waals surface area contributed by atoms with Crippen molar-refractivity contribution in [2.75, 3.05) is 0 Å². The van der Waals surface area contributed by atoms with Crippen molar-refractivity contribution >= 4 is 115 Å². The minimum atomic E-state index is -1.42. The molecule has 0 bridgehead atoms. The summed E-state index contributed by atoms with van der Waals surface area (Å²) in [4.78, 5) is 9.33. The van der Waals surface area contributed by atoms with Gasteiger partial charge in [-0.05, 0) is 190 Å². The van der Waals surface area contributed by atoms with Gasteiger partial charge in [-0.3, -0.25) is 0 Å². The molecule has 2 heterocycles. The van der Waals surface area contributed by atoms with Crippen molar-refractivity contribution < 1.29 is 18.9 Å². The van der Waals surface area contributed by atoms with Crippen LogP contribution in [0.5, 0.6) is 0 Å². The molecule has 18 rings (SSSR count). The average molecular weight is 1270 g/mol. The standard InChI is InChI=1S/C43H27NO.C27H16BrNO.C16H13BO2/c1-2-12-33-28(10-1)11-9-17-34(33)29-20-22-30(23-21-29)41-35-13-3-5-15-37(35)42(38-16-6-4-14-36(38)41)31-24-26-32(27-25-31)43-44-39-18-7-8-19-40(39)45-43;28-26-21-9-3-1-7-19(21)25(20-8-2-4-10-22(20)26)17-13-15-18(16-14-17)27-29-23-11-5-6-12-24(23)30-27;18-17(19)14-10-8-13(9-11-14)16-7-3-5-12-4-1-2-6-15(12)16/h1-27H;1-16H;1-11,18-19H. The first kappa shape index (κ1) is 57.6. The summed E-state index contributed by atoms with van der Waals surface area (Å²) in [6, 6.07) is 113. The Morgan fingerprint density at radius 2 is 0.532 bits per heavy atom. The van der Waals surface area contributed by atoms with Gasteiger partial charge >= 0.3 is 7.12 Å². The minimum absolute atomic E-state index is 0.504. The van der Waals surface area contributed by atoms with E-state index in [4.69, 9.17) is 23.9 Å². The number of hydrogen-bond acceptors (Lipinski definition) is 6. The summed E-state index contributed by atoms with van der Waals surface area (Å²) >= 11 is 3.83. The van der Waals surface area contributed by atoms with Crippen molar-refractivity contribution in [1.29, 1.82) is 0 Å². The molecule has 0 aliphatic heterocycles. The monoisotopic (exact) mass is 1270 g/mol. The van der Waals surface area contributed by atoms with Gasteiger partial charge in [0.1, 0.15) is 11.0 Å².